The molecule has 0 fully saturated rings. The molecule has 3 nitrogen and oxygen atoms in total. The van der Waals surface area contributed by atoms with Crippen molar-refractivity contribution in [1.29, 1.82) is 0 Å². The summed E-state index contributed by atoms with van der Waals surface area (Å²) in [6.45, 7) is 0.327. The molecule has 1 rings (SSSR count). The number of hydrogen-bond acceptors (Lipinski definition) is 2. The molecule has 0 unspecified atom stereocenters. The van der Waals surface area contributed by atoms with E-state index in [2.05, 4.69) is 0 Å². The van der Waals surface area contributed by atoms with E-state index in [1.807, 2.05) is 0 Å². The van der Waals surface area contributed by atoms with Crippen LogP contribution < -0.4 is 4.74 Å². The Morgan fingerprint density at radius 2 is 1.35 bits per heavy atom. The molecule has 0 atom stereocenters. The van der Waals surface area contributed by atoms with Crippen LogP contribution >= 0.6 is 58.0 Å². The molecule has 20 heavy (non-hydrogen) atoms. The van der Waals surface area contributed by atoms with Crippen LogP contribution in [0.4, 0.5) is 0 Å². The highest BCUT2D eigenvalue weighted by Crippen LogP contribution is 2.48. The van der Waals surface area contributed by atoms with Gasteiger partial charge in [-0.3, -0.25) is 4.79 Å². The molecule has 1 N–H and O–H groups in total. The van der Waals surface area contributed by atoms with Crippen LogP contribution in [0.5, 0.6) is 5.75 Å². The van der Waals surface area contributed by atoms with E-state index in [-0.39, 0.29) is 37.3 Å². The molecule has 1 aromatic rings. The van der Waals surface area contributed by atoms with Gasteiger partial charge in [0.2, 0.25) is 0 Å². The average molecular weight is 380 g/mol. The van der Waals surface area contributed by atoms with Gasteiger partial charge in [0.15, 0.2) is 5.75 Å². The normalized spacial score (nSPS) is 10.7. The number of ether oxygens (including phenoxy) is 1. The molecule has 0 bridgehead atoms. The topological polar surface area (TPSA) is 46.5 Å². The fraction of sp³-hybridized carbons (Fsp3) is 0.417. The summed E-state index contributed by atoms with van der Waals surface area (Å²) in [5.74, 6) is -0.626. The Kier molecular flexibility index (Phi) is 7.56. The van der Waals surface area contributed by atoms with Gasteiger partial charge in [0.1, 0.15) is 10.0 Å². The highest BCUT2D eigenvalue weighted by molar-refractivity contribution is 6.55. The van der Waals surface area contributed by atoms with Crippen molar-refractivity contribution in [3.63, 3.8) is 0 Å². The molecule has 8 heteroatoms. The lowest BCUT2D eigenvalue weighted by Crippen LogP contribution is -2.00. The Hall–Kier alpha value is -0.0600. The van der Waals surface area contributed by atoms with E-state index in [9.17, 15) is 4.79 Å². The molecule has 112 valence electrons. The van der Waals surface area contributed by atoms with Gasteiger partial charge in [0, 0.05) is 6.42 Å². The van der Waals surface area contributed by atoms with Crippen LogP contribution in [0.1, 0.15) is 25.7 Å². The molecular formula is C12H11Cl5O3. The lowest BCUT2D eigenvalue weighted by molar-refractivity contribution is -0.137. The Balaban J connectivity index is 2.59. The summed E-state index contributed by atoms with van der Waals surface area (Å²) in [5.41, 5.74) is 0. The molecule has 0 spiro atoms. The molecule has 0 aromatic heterocycles. The number of rotatable bonds is 7. The van der Waals surface area contributed by atoms with E-state index in [1.165, 1.54) is 0 Å². The van der Waals surface area contributed by atoms with Crippen molar-refractivity contribution in [3.8, 4) is 5.75 Å². The smallest absolute Gasteiger partial charge is 0.303 e. The van der Waals surface area contributed by atoms with Crippen LogP contribution in [-0.4, -0.2) is 17.7 Å². The first-order chi connectivity index (χ1) is 9.36. The number of carbonyl (C=O) groups is 1. The minimum Gasteiger partial charge on any atom is -0.490 e. The van der Waals surface area contributed by atoms with Gasteiger partial charge in [-0.1, -0.05) is 58.0 Å². The maximum Gasteiger partial charge on any atom is 0.303 e. The van der Waals surface area contributed by atoms with E-state index in [0.29, 0.717) is 19.4 Å². The molecular weight excluding hydrogens is 369 g/mol. The van der Waals surface area contributed by atoms with Crippen LogP contribution in [-0.2, 0) is 4.79 Å². The molecule has 0 aliphatic rings. The monoisotopic (exact) mass is 378 g/mol. The summed E-state index contributed by atoms with van der Waals surface area (Å²) >= 11 is 29.6. The highest BCUT2D eigenvalue weighted by Gasteiger charge is 2.20. The molecule has 0 saturated carbocycles. The van der Waals surface area contributed by atoms with Gasteiger partial charge in [0.05, 0.1) is 21.7 Å². The second kappa shape index (κ2) is 8.40. The number of hydrogen-bond donors (Lipinski definition) is 1. The number of unbranched alkanes of at least 4 members (excludes halogenated alkanes) is 2. The maximum absolute atomic E-state index is 10.3. The van der Waals surface area contributed by atoms with Crippen molar-refractivity contribution in [3.05, 3.63) is 25.1 Å². The second-order valence-electron chi connectivity index (χ2n) is 3.95. The third-order valence-electron chi connectivity index (χ3n) is 2.45. The largest absolute Gasteiger partial charge is 0.490 e. The molecule has 0 aliphatic carbocycles. The summed E-state index contributed by atoms with van der Waals surface area (Å²) in [4.78, 5) is 10.3. The molecule has 0 amide bonds. The lowest BCUT2D eigenvalue weighted by atomic mass is 10.2. The summed E-state index contributed by atoms with van der Waals surface area (Å²) in [7, 11) is 0. The van der Waals surface area contributed by atoms with Gasteiger partial charge < -0.3 is 9.84 Å². The van der Waals surface area contributed by atoms with Crippen LogP contribution in [0.15, 0.2) is 0 Å². The Labute approximate surface area is 141 Å². The van der Waals surface area contributed by atoms with E-state index < -0.39 is 5.97 Å². The van der Waals surface area contributed by atoms with E-state index in [0.717, 1.165) is 6.42 Å². The van der Waals surface area contributed by atoms with Crippen molar-refractivity contribution in [2.24, 2.45) is 0 Å². The van der Waals surface area contributed by atoms with Crippen molar-refractivity contribution in [1.82, 2.24) is 0 Å². The quantitative estimate of drug-likeness (QED) is 0.360. The molecule has 0 saturated heterocycles. The van der Waals surface area contributed by atoms with Crippen LogP contribution in [0.25, 0.3) is 0 Å². The Bertz CT molecular complexity index is 475. The van der Waals surface area contributed by atoms with Crippen molar-refractivity contribution < 1.29 is 14.6 Å². The first-order valence-electron chi connectivity index (χ1n) is 5.72. The predicted molar refractivity (Wildman–Crippen MR) is 83.1 cm³/mol. The SMILES string of the molecule is O=C(O)CCCCCOc1c(Cl)c(Cl)c(Cl)c(Cl)c1Cl. The third-order valence-corrected chi connectivity index (χ3v) is 4.69. The Morgan fingerprint density at radius 3 is 1.85 bits per heavy atom. The van der Waals surface area contributed by atoms with Gasteiger partial charge in [-0.2, -0.15) is 0 Å². The minimum atomic E-state index is -0.812. The Morgan fingerprint density at radius 1 is 0.850 bits per heavy atom. The number of halogens is 5. The van der Waals surface area contributed by atoms with Gasteiger partial charge in [-0.25, -0.2) is 0 Å². The number of aliphatic carboxylic acids is 1. The zero-order valence-corrected chi connectivity index (χ0v) is 14.0. The minimum absolute atomic E-state index is 0.0807. The zero-order chi connectivity index (χ0) is 15.3. The molecule has 0 radical (unpaired) electrons. The van der Waals surface area contributed by atoms with E-state index in [4.69, 9.17) is 67.8 Å². The fourth-order valence-corrected chi connectivity index (χ4v) is 2.67. The van der Waals surface area contributed by atoms with Crippen LogP contribution in [0, 0.1) is 0 Å². The highest BCUT2D eigenvalue weighted by atomic mass is 35.5. The summed E-state index contributed by atoms with van der Waals surface area (Å²) in [6, 6.07) is 0. The molecule has 0 aliphatic heterocycles. The van der Waals surface area contributed by atoms with Crippen molar-refractivity contribution in [2.45, 2.75) is 25.7 Å². The number of benzene rings is 1. The molecule has 1 aromatic carbocycles. The van der Waals surface area contributed by atoms with Crippen LogP contribution in [0.2, 0.25) is 25.1 Å². The zero-order valence-electron chi connectivity index (χ0n) is 10.2. The summed E-state index contributed by atoms with van der Waals surface area (Å²) in [6.07, 6.45) is 2.11. The standard InChI is InChI=1S/C12H11Cl5O3/c13-7-8(14)10(16)12(11(17)9(7)15)20-5-3-1-2-4-6(18)19/h1-5H2,(H,18,19). The van der Waals surface area contributed by atoms with Gasteiger partial charge in [-0.15, -0.1) is 0 Å². The van der Waals surface area contributed by atoms with Crippen molar-refractivity contribution in [2.75, 3.05) is 6.61 Å². The first-order valence-corrected chi connectivity index (χ1v) is 7.61. The first kappa shape index (κ1) is 18.0. The summed E-state index contributed by atoms with van der Waals surface area (Å²) in [5, 5.41) is 8.97. The number of carboxylic acids is 1. The summed E-state index contributed by atoms with van der Waals surface area (Å²) < 4.78 is 5.45. The second-order valence-corrected chi connectivity index (χ2v) is 5.84. The average Bonchev–Trinajstić information content (AvgIpc) is 2.41. The lowest BCUT2D eigenvalue weighted by Gasteiger charge is -2.13. The van der Waals surface area contributed by atoms with Crippen molar-refractivity contribution >= 4 is 64.0 Å². The fourth-order valence-electron chi connectivity index (χ4n) is 1.44. The van der Waals surface area contributed by atoms with Gasteiger partial charge >= 0.3 is 5.97 Å². The van der Waals surface area contributed by atoms with Gasteiger partial charge in [-0.05, 0) is 19.3 Å². The molecule has 0 heterocycles. The van der Waals surface area contributed by atoms with Crippen LogP contribution in [0.3, 0.4) is 0 Å². The predicted octanol–water partition coefficient (Wildman–Crippen LogP) is 5.98. The van der Waals surface area contributed by atoms with E-state index in [1.54, 1.807) is 0 Å². The number of carboxylic acid groups (broad SMARTS) is 1. The van der Waals surface area contributed by atoms with E-state index >= 15 is 0 Å². The maximum atomic E-state index is 10.3. The van der Waals surface area contributed by atoms with Gasteiger partial charge in [0.25, 0.3) is 0 Å². The third kappa shape index (κ3) is 4.74.